The van der Waals surface area contributed by atoms with E-state index < -0.39 is 0 Å². The van der Waals surface area contributed by atoms with E-state index in [1.165, 1.54) is 6.33 Å². The van der Waals surface area contributed by atoms with Gasteiger partial charge in [0, 0.05) is 13.2 Å². The second-order valence-electron chi connectivity index (χ2n) is 5.77. The van der Waals surface area contributed by atoms with Crippen LogP contribution in [0.25, 0.3) is 11.2 Å². The highest BCUT2D eigenvalue weighted by molar-refractivity contribution is 5.84. The second kappa shape index (κ2) is 7.59. The zero-order chi connectivity index (χ0) is 16.9. The summed E-state index contributed by atoms with van der Waals surface area (Å²) in [4.78, 5) is 13.2. The summed E-state index contributed by atoms with van der Waals surface area (Å²) in [6.07, 6.45) is 6.39. The number of fused-ring (bicyclic) bond motifs is 1. The number of nitrogens with zero attached hydrogens (tertiary/aromatic N) is 4. The Morgan fingerprint density at radius 2 is 2.38 bits per heavy atom. The number of ether oxygens (including phenoxy) is 2. The molecule has 8 heteroatoms. The van der Waals surface area contributed by atoms with Gasteiger partial charge in [-0.05, 0) is 26.2 Å². The molecule has 1 aliphatic rings. The number of anilines is 1. The third kappa shape index (κ3) is 3.34. The molecule has 130 valence electrons. The molecule has 2 aromatic rings. The van der Waals surface area contributed by atoms with Gasteiger partial charge >= 0.3 is 6.01 Å². The average Bonchev–Trinajstić information content (AvgIpc) is 3.01. The second-order valence-corrected chi connectivity index (χ2v) is 5.77. The van der Waals surface area contributed by atoms with E-state index in [9.17, 15) is 0 Å². The molecule has 0 spiro atoms. The van der Waals surface area contributed by atoms with Gasteiger partial charge in [0.2, 0.25) is 0 Å². The Hall–Kier alpha value is -2.19. The highest BCUT2D eigenvalue weighted by Crippen LogP contribution is 2.32. The normalized spacial score (nSPS) is 18.8. The Labute approximate surface area is 140 Å². The molecule has 8 nitrogen and oxygen atoms in total. The molecule has 1 aliphatic heterocycles. The fourth-order valence-electron chi connectivity index (χ4n) is 2.74. The number of aliphatic hydroxyl groups excluding tert-OH is 1. The molecule has 1 fully saturated rings. The highest BCUT2D eigenvalue weighted by atomic mass is 16.5. The van der Waals surface area contributed by atoms with Crippen LogP contribution in [0.3, 0.4) is 0 Å². The van der Waals surface area contributed by atoms with Crippen molar-refractivity contribution in [3.8, 4) is 6.01 Å². The van der Waals surface area contributed by atoms with Gasteiger partial charge in [-0.2, -0.15) is 4.98 Å². The Morgan fingerprint density at radius 1 is 1.50 bits per heavy atom. The van der Waals surface area contributed by atoms with Crippen LogP contribution < -0.4 is 10.1 Å². The number of aliphatic hydroxyl groups is 1. The van der Waals surface area contributed by atoms with Gasteiger partial charge in [-0.15, -0.1) is 0 Å². The van der Waals surface area contributed by atoms with Crippen LogP contribution >= 0.6 is 0 Å². The van der Waals surface area contributed by atoms with Crippen molar-refractivity contribution in [3.05, 3.63) is 18.0 Å². The lowest BCUT2D eigenvalue weighted by Crippen LogP contribution is -2.19. The topological polar surface area (TPSA) is 94.3 Å². The fourth-order valence-corrected chi connectivity index (χ4v) is 2.74. The zero-order valence-corrected chi connectivity index (χ0v) is 14.0. The first-order chi connectivity index (χ1) is 11.7. The summed E-state index contributed by atoms with van der Waals surface area (Å²) in [6.45, 7) is 3.19. The fraction of sp³-hybridized carbons (Fsp3) is 0.562. The minimum atomic E-state index is -0.113. The van der Waals surface area contributed by atoms with E-state index in [1.54, 1.807) is 7.11 Å². The summed E-state index contributed by atoms with van der Waals surface area (Å²) >= 11 is 0. The molecule has 1 atom stereocenters. The maximum atomic E-state index is 9.05. The van der Waals surface area contributed by atoms with Crippen molar-refractivity contribution in [2.75, 3.05) is 32.2 Å². The van der Waals surface area contributed by atoms with Crippen LogP contribution in [-0.2, 0) is 4.74 Å². The molecular formula is C16H23N5O3. The monoisotopic (exact) mass is 333 g/mol. The van der Waals surface area contributed by atoms with Gasteiger partial charge in [0.05, 0.1) is 13.7 Å². The van der Waals surface area contributed by atoms with Gasteiger partial charge in [-0.3, -0.25) is 4.57 Å². The van der Waals surface area contributed by atoms with E-state index in [0.717, 1.165) is 31.4 Å². The van der Waals surface area contributed by atoms with Crippen molar-refractivity contribution in [2.45, 2.75) is 32.4 Å². The number of nitrogens with one attached hydrogen (secondary N) is 1. The van der Waals surface area contributed by atoms with Crippen molar-refractivity contribution in [1.29, 1.82) is 0 Å². The number of methoxy groups -OCH3 is 1. The summed E-state index contributed by atoms with van der Waals surface area (Å²) in [6, 6.07) is 0.475. The summed E-state index contributed by atoms with van der Waals surface area (Å²) in [5.41, 5.74) is 2.24. The first-order valence-electron chi connectivity index (χ1n) is 8.13. The van der Waals surface area contributed by atoms with Gasteiger partial charge in [0.25, 0.3) is 0 Å². The van der Waals surface area contributed by atoms with E-state index in [4.69, 9.17) is 14.6 Å². The van der Waals surface area contributed by atoms with Crippen molar-refractivity contribution in [3.63, 3.8) is 0 Å². The number of rotatable bonds is 6. The lowest BCUT2D eigenvalue weighted by Gasteiger charge is -2.24. The first-order valence-corrected chi connectivity index (χ1v) is 8.13. The first kappa shape index (κ1) is 16.7. The third-order valence-corrected chi connectivity index (χ3v) is 4.04. The maximum absolute atomic E-state index is 9.05. The van der Waals surface area contributed by atoms with Crippen LogP contribution in [0.5, 0.6) is 6.01 Å². The minimum absolute atomic E-state index is 0.0440. The van der Waals surface area contributed by atoms with Crippen LogP contribution in [0.15, 0.2) is 18.0 Å². The average molecular weight is 333 g/mol. The molecule has 1 unspecified atom stereocenters. The van der Waals surface area contributed by atoms with Crippen molar-refractivity contribution >= 4 is 17.0 Å². The van der Waals surface area contributed by atoms with Gasteiger partial charge in [0.15, 0.2) is 17.0 Å². The Balaban J connectivity index is 1.93. The van der Waals surface area contributed by atoms with Crippen molar-refractivity contribution < 1.29 is 14.6 Å². The Morgan fingerprint density at radius 3 is 3.08 bits per heavy atom. The van der Waals surface area contributed by atoms with E-state index in [-0.39, 0.29) is 12.8 Å². The molecule has 24 heavy (non-hydrogen) atoms. The summed E-state index contributed by atoms with van der Waals surface area (Å²) in [5.74, 6) is 0.634. The van der Waals surface area contributed by atoms with E-state index in [0.29, 0.717) is 29.5 Å². The molecule has 2 N–H and O–H groups in total. The molecule has 0 radical (unpaired) electrons. The molecule has 0 amide bonds. The molecule has 3 heterocycles. The predicted molar refractivity (Wildman–Crippen MR) is 90.0 cm³/mol. The number of hydrogen-bond donors (Lipinski definition) is 2. The van der Waals surface area contributed by atoms with E-state index >= 15 is 0 Å². The predicted octanol–water partition coefficient (Wildman–Crippen LogP) is 1.88. The number of imidazole rings is 1. The van der Waals surface area contributed by atoms with Gasteiger partial charge in [0.1, 0.15) is 12.6 Å². The number of aromatic nitrogens is 4. The molecule has 0 aliphatic carbocycles. The standard InChI is InChI=1S/C16H23N5O3/c1-11(9-22)6-7-17-14-13-15(19-10-18-14)21(16(20-13)23-2)12-5-3-4-8-24-12/h6,10,12,22H,3-5,7-9H2,1-2H3,(H,17,18,19)/b11-6+. The SMILES string of the molecule is COc1nc2c(NC/C=C(\C)CO)ncnc2n1C1CCCCO1. The molecule has 0 aromatic carbocycles. The lowest BCUT2D eigenvalue weighted by atomic mass is 10.2. The molecule has 2 aromatic heterocycles. The number of hydrogen-bond acceptors (Lipinski definition) is 7. The van der Waals surface area contributed by atoms with Crippen molar-refractivity contribution in [2.24, 2.45) is 0 Å². The summed E-state index contributed by atoms with van der Waals surface area (Å²) < 4.78 is 13.2. The summed E-state index contributed by atoms with van der Waals surface area (Å²) in [5, 5.41) is 12.3. The molecule has 3 rings (SSSR count). The van der Waals surface area contributed by atoms with Gasteiger partial charge in [-0.1, -0.05) is 11.6 Å². The maximum Gasteiger partial charge on any atom is 0.300 e. The molecular weight excluding hydrogens is 310 g/mol. The van der Waals surface area contributed by atoms with Crippen LogP contribution in [0.4, 0.5) is 5.82 Å². The van der Waals surface area contributed by atoms with Crippen molar-refractivity contribution in [1.82, 2.24) is 19.5 Å². The smallest absolute Gasteiger partial charge is 0.300 e. The van der Waals surface area contributed by atoms with Gasteiger partial charge in [-0.25, -0.2) is 9.97 Å². The molecule has 0 bridgehead atoms. The van der Waals surface area contributed by atoms with Crippen LogP contribution in [-0.4, -0.2) is 51.5 Å². The summed E-state index contributed by atoms with van der Waals surface area (Å²) in [7, 11) is 1.59. The lowest BCUT2D eigenvalue weighted by molar-refractivity contribution is -0.0334. The minimum Gasteiger partial charge on any atom is -0.468 e. The third-order valence-electron chi connectivity index (χ3n) is 4.04. The van der Waals surface area contributed by atoms with Crippen LogP contribution in [0.2, 0.25) is 0 Å². The zero-order valence-electron chi connectivity index (χ0n) is 14.0. The highest BCUT2D eigenvalue weighted by Gasteiger charge is 2.25. The van der Waals surface area contributed by atoms with E-state index in [2.05, 4.69) is 20.3 Å². The van der Waals surface area contributed by atoms with Gasteiger partial charge < -0.3 is 19.9 Å². The quantitative estimate of drug-likeness (QED) is 0.779. The molecule has 1 saturated heterocycles. The Bertz CT molecular complexity index is 722. The Kier molecular flexibility index (Phi) is 5.27. The van der Waals surface area contributed by atoms with Crippen LogP contribution in [0, 0.1) is 0 Å². The van der Waals surface area contributed by atoms with Crippen LogP contribution in [0.1, 0.15) is 32.4 Å². The molecule has 0 saturated carbocycles. The largest absolute Gasteiger partial charge is 0.468 e. The van der Waals surface area contributed by atoms with E-state index in [1.807, 2.05) is 17.6 Å².